The van der Waals surface area contributed by atoms with Crippen molar-refractivity contribution in [3.63, 3.8) is 0 Å². The molecule has 2 aliphatic rings. The Kier molecular flexibility index (Phi) is 10.2. The van der Waals surface area contributed by atoms with Crippen LogP contribution < -0.4 is 9.47 Å². The Morgan fingerprint density at radius 3 is 2.72 bits per heavy atom. The highest BCUT2D eigenvalue weighted by molar-refractivity contribution is 5.78. The Bertz CT molecular complexity index is 1120. The van der Waals surface area contributed by atoms with E-state index in [1.54, 1.807) is 7.11 Å². The largest absolute Gasteiger partial charge is 0.496 e. The molecule has 1 amide bonds. The molecule has 0 aromatic heterocycles. The molecule has 2 heterocycles. The van der Waals surface area contributed by atoms with Crippen LogP contribution in [0.2, 0.25) is 0 Å². The lowest BCUT2D eigenvalue weighted by molar-refractivity contribution is -0.188. The molecular formula is C31H42N2O6. The van der Waals surface area contributed by atoms with Crippen LogP contribution >= 0.6 is 0 Å². The Balaban J connectivity index is 1.57. The zero-order valence-electron chi connectivity index (χ0n) is 23.4. The molecule has 0 aliphatic carbocycles. The van der Waals surface area contributed by atoms with Crippen molar-refractivity contribution < 1.29 is 29.0 Å². The summed E-state index contributed by atoms with van der Waals surface area (Å²) in [6, 6.07) is 13.7. The number of methoxy groups -OCH3 is 1. The maximum atomic E-state index is 13.4. The number of aryl methyl sites for hydroxylation is 1. The molecule has 212 valence electrons. The van der Waals surface area contributed by atoms with Gasteiger partial charge < -0.3 is 14.6 Å². The second kappa shape index (κ2) is 13.8. The highest BCUT2D eigenvalue weighted by Gasteiger charge is 2.47. The first-order valence-corrected chi connectivity index (χ1v) is 14.2. The first kappa shape index (κ1) is 28.9. The Labute approximate surface area is 231 Å². The third-order valence-electron chi connectivity index (χ3n) is 7.81. The summed E-state index contributed by atoms with van der Waals surface area (Å²) in [5.41, 5.74) is 3.23. The lowest BCUT2D eigenvalue weighted by Gasteiger charge is -2.29. The molecule has 1 fully saturated rings. The molecule has 4 rings (SSSR count). The highest BCUT2D eigenvalue weighted by Crippen LogP contribution is 2.41. The van der Waals surface area contributed by atoms with Gasteiger partial charge in [0.2, 0.25) is 0 Å². The van der Waals surface area contributed by atoms with E-state index in [0.29, 0.717) is 32.7 Å². The summed E-state index contributed by atoms with van der Waals surface area (Å²) in [5.74, 6) is -0.0472. The number of amides is 1. The summed E-state index contributed by atoms with van der Waals surface area (Å²) in [5, 5.41) is 11.9. The number of aliphatic carboxylic acids is 1. The van der Waals surface area contributed by atoms with Gasteiger partial charge in [-0.05, 0) is 60.9 Å². The molecular weight excluding hydrogens is 496 g/mol. The highest BCUT2D eigenvalue weighted by atomic mass is 16.7. The third kappa shape index (κ3) is 6.92. The summed E-state index contributed by atoms with van der Waals surface area (Å²) in [6.45, 7) is 6.32. The molecule has 39 heavy (non-hydrogen) atoms. The second-order valence-electron chi connectivity index (χ2n) is 10.5. The number of para-hydroxylation sites is 1. The van der Waals surface area contributed by atoms with Gasteiger partial charge in [0, 0.05) is 31.5 Å². The van der Waals surface area contributed by atoms with Crippen LogP contribution in [0.1, 0.15) is 62.1 Å². The molecule has 1 saturated heterocycles. The van der Waals surface area contributed by atoms with E-state index >= 15 is 0 Å². The lowest BCUT2D eigenvalue weighted by atomic mass is 9.83. The van der Waals surface area contributed by atoms with Crippen LogP contribution in [0.15, 0.2) is 42.5 Å². The number of ether oxygens (including phenoxy) is 2. The molecule has 0 spiro atoms. The number of likely N-dealkylation sites (tertiary alicyclic amines) is 1. The van der Waals surface area contributed by atoms with Crippen molar-refractivity contribution in [2.45, 2.75) is 64.3 Å². The number of nitrogens with zero attached hydrogens (tertiary/aromatic N) is 2. The number of rotatable bonds is 14. The monoisotopic (exact) mass is 538 g/mol. The predicted molar refractivity (Wildman–Crippen MR) is 149 cm³/mol. The fourth-order valence-corrected chi connectivity index (χ4v) is 5.96. The fourth-order valence-electron chi connectivity index (χ4n) is 5.96. The number of fused-ring (bicyclic) bond motifs is 1. The molecule has 3 unspecified atom stereocenters. The van der Waals surface area contributed by atoms with Crippen LogP contribution in [0.25, 0.3) is 0 Å². The van der Waals surface area contributed by atoms with Crippen LogP contribution in [0.3, 0.4) is 0 Å². The van der Waals surface area contributed by atoms with Gasteiger partial charge in [0.05, 0.1) is 32.8 Å². The third-order valence-corrected chi connectivity index (χ3v) is 7.81. The number of hydroxylamine groups is 2. The maximum Gasteiger partial charge on any atom is 0.308 e. The number of hydrogen-bond donors (Lipinski definition) is 1. The topological polar surface area (TPSA) is 88.5 Å². The van der Waals surface area contributed by atoms with Crippen molar-refractivity contribution in [2.75, 3.05) is 40.0 Å². The van der Waals surface area contributed by atoms with Crippen LogP contribution in [0, 0.1) is 5.92 Å². The smallest absolute Gasteiger partial charge is 0.308 e. The zero-order chi connectivity index (χ0) is 27.8. The number of carbonyl (C=O) groups excluding carboxylic acids is 1. The van der Waals surface area contributed by atoms with Gasteiger partial charge >= 0.3 is 5.97 Å². The van der Waals surface area contributed by atoms with Crippen molar-refractivity contribution in [3.8, 4) is 11.5 Å². The summed E-state index contributed by atoms with van der Waals surface area (Å²) >= 11 is 0. The van der Waals surface area contributed by atoms with E-state index in [9.17, 15) is 14.7 Å². The van der Waals surface area contributed by atoms with Gasteiger partial charge in [-0.3, -0.25) is 19.3 Å². The average Bonchev–Trinajstić information content (AvgIpc) is 3.55. The van der Waals surface area contributed by atoms with Crippen molar-refractivity contribution >= 4 is 11.9 Å². The number of hydrogen-bond acceptors (Lipinski definition) is 6. The van der Waals surface area contributed by atoms with Crippen molar-refractivity contribution in [1.29, 1.82) is 0 Å². The van der Waals surface area contributed by atoms with E-state index in [1.807, 2.05) is 50.2 Å². The quantitative estimate of drug-likeness (QED) is 0.349. The molecule has 0 saturated carbocycles. The van der Waals surface area contributed by atoms with Gasteiger partial charge in [-0.2, -0.15) is 0 Å². The van der Waals surface area contributed by atoms with Crippen LogP contribution in [-0.4, -0.2) is 72.9 Å². The molecule has 2 aliphatic heterocycles. The first-order valence-electron chi connectivity index (χ1n) is 14.2. The van der Waals surface area contributed by atoms with Crippen LogP contribution in [-0.2, 0) is 27.3 Å². The van der Waals surface area contributed by atoms with E-state index in [1.165, 1.54) is 5.06 Å². The number of carboxylic acids is 1. The maximum absolute atomic E-state index is 13.4. The number of carbonyl (C=O) groups is 2. The van der Waals surface area contributed by atoms with Crippen LogP contribution in [0.4, 0.5) is 0 Å². The Hall–Kier alpha value is -3.10. The van der Waals surface area contributed by atoms with E-state index in [-0.39, 0.29) is 24.4 Å². The van der Waals surface area contributed by atoms with E-state index in [4.69, 9.17) is 14.3 Å². The van der Waals surface area contributed by atoms with Gasteiger partial charge in [0.15, 0.2) is 0 Å². The molecule has 3 atom stereocenters. The SMILES string of the molecule is CCCON(CCC)C(=O)CN1CC(c2ccc3c(c2)CCO3)C(C(=O)O)C1CCCc1ccccc1OC. The average molecular weight is 539 g/mol. The summed E-state index contributed by atoms with van der Waals surface area (Å²) in [7, 11) is 1.67. The van der Waals surface area contributed by atoms with Gasteiger partial charge in [-0.15, -0.1) is 0 Å². The minimum absolute atomic E-state index is 0.118. The van der Waals surface area contributed by atoms with E-state index in [2.05, 4.69) is 11.0 Å². The number of benzene rings is 2. The zero-order valence-corrected chi connectivity index (χ0v) is 23.4. The van der Waals surface area contributed by atoms with Crippen molar-refractivity contribution in [2.24, 2.45) is 5.92 Å². The minimum atomic E-state index is -0.818. The normalized spacial score (nSPS) is 20.4. The van der Waals surface area contributed by atoms with Gasteiger partial charge in [0.1, 0.15) is 11.5 Å². The van der Waals surface area contributed by atoms with Crippen molar-refractivity contribution in [1.82, 2.24) is 9.96 Å². The van der Waals surface area contributed by atoms with Gasteiger partial charge in [0.25, 0.3) is 5.91 Å². The standard InChI is InChI=1S/C31H42N2O6/c1-4-16-33(39-17-5-2)29(34)21-32-20-25(23-13-14-28-24(19-23)15-18-38-28)30(31(35)36)26(32)11-8-10-22-9-6-7-12-27(22)37-3/h6-7,9,12-14,19,25-26,30H,4-5,8,10-11,15-18,20-21H2,1-3H3,(H,35,36). The van der Waals surface area contributed by atoms with Gasteiger partial charge in [-0.25, -0.2) is 5.06 Å². The molecule has 0 radical (unpaired) electrons. The molecule has 2 aromatic carbocycles. The summed E-state index contributed by atoms with van der Waals surface area (Å²) < 4.78 is 11.2. The van der Waals surface area contributed by atoms with Crippen molar-refractivity contribution in [3.05, 3.63) is 59.2 Å². The second-order valence-corrected chi connectivity index (χ2v) is 10.5. The Morgan fingerprint density at radius 2 is 1.97 bits per heavy atom. The minimum Gasteiger partial charge on any atom is -0.496 e. The predicted octanol–water partition coefficient (Wildman–Crippen LogP) is 4.70. The molecule has 0 bridgehead atoms. The number of carboxylic acid groups (broad SMARTS) is 1. The fraction of sp³-hybridized carbons (Fsp3) is 0.548. The lowest BCUT2D eigenvalue weighted by Crippen LogP contribution is -2.44. The van der Waals surface area contributed by atoms with E-state index < -0.39 is 11.9 Å². The summed E-state index contributed by atoms with van der Waals surface area (Å²) in [6.07, 6.45) is 4.66. The Morgan fingerprint density at radius 1 is 1.15 bits per heavy atom. The molecule has 2 aromatic rings. The van der Waals surface area contributed by atoms with Crippen LogP contribution in [0.5, 0.6) is 11.5 Å². The van der Waals surface area contributed by atoms with E-state index in [0.717, 1.165) is 60.3 Å². The molecule has 8 heteroatoms. The molecule has 8 nitrogen and oxygen atoms in total. The first-order chi connectivity index (χ1) is 19.0. The molecule has 1 N–H and O–H groups in total. The summed E-state index contributed by atoms with van der Waals surface area (Å²) in [4.78, 5) is 34.0. The van der Waals surface area contributed by atoms with Gasteiger partial charge in [-0.1, -0.05) is 44.2 Å².